The summed E-state index contributed by atoms with van der Waals surface area (Å²) in [6.45, 7) is 4.87. The molecule has 1 saturated heterocycles. The molecule has 0 saturated carbocycles. The van der Waals surface area contributed by atoms with Gasteiger partial charge in [-0.2, -0.15) is 0 Å². The van der Waals surface area contributed by atoms with Crippen molar-refractivity contribution in [1.29, 1.82) is 0 Å². The normalized spacial score (nSPS) is 26.9. The van der Waals surface area contributed by atoms with Crippen LogP contribution in [-0.2, 0) is 23.0 Å². The standard InChI is InChI=1S/C18H20N2O2/c1-4-13-15(18(21)22-3)17-16-12(9-10-20(13)17)11-7-5-6-8-14(11)19(16)2/h4-8,13,15,17H,1,9-10H2,2-3H3/t13-,15-,17-/m0/s1. The summed E-state index contributed by atoms with van der Waals surface area (Å²) in [5, 5.41) is 1.31. The SMILES string of the molecule is C=C[C@H]1[C@H](C(=O)OC)[C@H]2c3c(c4ccccc4n3C)CCN21. The quantitative estimate of drug-likeness (QED) is 0.630. The molecule has 114 valence electrons. The first-order valence-corrected chi connectivity index (χ1v) is 7.71. The van der Waals surface area contributed by atoms with Crippen LogP contribution in [0.1, 0.15) is 17.3 Å². The number of rotatable bonds is 2. The first-order chi connectivity index (χ1) is 10.7. The van der Waals surface area contributed by atoms with Crippen LogP contribution in [0, 0.1) is 5.92 Å². The fourth-order valence-electron chi connectivity index (χ4n) is 4.36. The van der Waals surface area contributed by atoms with Crippen LogP contribution in [-0.4, -0.2) is 35.1 Å². The number of aryl methyl sites for hydroxylation is 1. The second-order valence-electron chi connectivity index (χ2n) is 6.15. The molecule has 2 aromatic rings. The van der Waals surface area contributed by atoms with Crippen molar-refractivity contribution < 1.29 is 9.53 Å². The highest BCUT2D eigenvalue weighted by Crippen LogP contribution is 2.50. The molecular weight excluding hydrogens is 276 g/mol. The van der Waals surface area contributed by atoms with E-state index in [0.29, 0.717) is 0 Å². The third-order valence-electron chi connectivity index (χ3n) is 5.32. The van der Waals surface area contributed by atoms with E-state index in [4.69, 9.17) is 4.74 Å². The first kappa shape index (κ1) is 13.6. The van der Waals surface area contributed by atoms with Gasteiger partial charge in [0.1, 0.15) is 0 Å². The fourth-order valence-corrected chi connectivity index (χ4v) is 4.36. The Morgan fingerprint density at radius 1 is 1.41 bits per heavy atom. The van der Waals surface area contributed by atoms with Crippen molar-refractivity contribution >= 4 is 16.9 Å². The molecular formula is C18H20N2O2. The Hall–Kier alpha value is -2.07. The van der Waals surface area contributed by atoms with Crippen LogP contribution in [0.15, 0.2) is 36.9 Å². The minimum Gasteiger partial charge on any atom is -0.469 e. The van der Waals surface area contributed by atoms with Gasteiger partial charge in [-0.1, -0.05) is 24.3 Å². The van der Waals surface area contributed by atoms with Gasteiger partial charge in [0.05, 0.1) is 19.1 Å². The fraction of sp³-hybridized carbons (Fsp3) is 0.389. The van der Waals surface area contributed by atoms with Crippen LogP contribution in [0.2, 0.25) is 0 Å². The van der Waals surface area contributed by atoms with Crippen LogP contribution in [0.25, 0.3) is 10.9 Å². The summed E-state index contributed by atoms with van der Waals surface area (Å²) in [6, 6.07) is 8.67. The molecule has 1 fully saturated rings. The Kier molecular flexibility index (Phi) is 2.91. The molecule has 0 N–H and O–H groups in total. The Morgan fingerprint density at radius 3 is 2.91 bits per heavy atom. The van der Waals surface area contributed by atoms with Gasteiger partial charge in [-0.3, -0.25) is 9.69 Å². The van der Waals surface area contributed by atoms with E-state index in [1.54, 1.807) is 0 Å². The molecule has 1 aromatic carbocycles. The highest BCUT2D eigenvalue weighted by Gasteiger charge is 2.55. The number of para-hydroxylation sites is 1. The molecule has 4 heteroatoms. The smallest absolute Gasteiger partial charge is 0.312 e. The molecule has 4 rings (SSSR count). The Labute approximate surface area is 130 Å². The number of hydrogen-bond acceptors (Lipinski definition) is 3. The number of hydrogen-bond donors (Lipinski definition) is 0. The van der Waals surface area contributed by atoms with E-state index in [0.717, 1.165) is 13.0 Å². The molecule has 0 unspecified atom stereocenters. The lowest BCUT2D eigenvalue weighted by molar-refractivity contribution is -0.163. The summed E-state index contributed by atoms with van der Waals surface area (Å²) >= 11 is 0. The minimum atomic E-state index is -0.149. The van der Waals surface area contributed by atoms with E-state index < -0.39 is 0 Å². The van der Waals surface area contributed by atoms with Crippen molar-refractivity contribution in [2.75, 3.05) is 13.7 Å². The Bertz CT molecular complexity index is 777. The highest BCUT2D eigenvalue weighted by molar-refractivity contribution is 5.87. The average Bonchev–Trinajstić information content (AvgIpc) is 2.81. The van der Waals surface area contributed by atoms with E-state index >= 15 is 0 Å². The number of fused-ring (bicyclic) bond motifs is 5. The second-order valence-corrected chi connectivity index (χ2v) is 6.15. The number of nitrogens with zero attached hydrogens (tertiary/aromatic N) is 2. The molecule has 0 aliphatic carbocycles. The summed E-state index contributed by atoms with van der Waals surface area (Å²) < 4.78 is 7.29. The van der Waals surface area contributed by atoms with Gasteiger partial charge in [0.25, 0.3) is 0 Å². The van der Waals surface area contributed by atoms with E-state index in [9.17, 15) is 4.79 Å². The Balaban J connectivity index is 1.89. The topological polar surface area (TPSA) is 34.5 Å². The summed E-state index contributed by atoms with van der Waals surface area (Å²) in [5.41, 5.74) is 3.89. The zero-order chi connectivity index (χ0) is 15.4. The average molecular weight is 296 g/mol. The third-order valence-corrected chi connectivity index (χ3v) is 5.32. The van der Waals surface area contributed by atoms with Gasteiger partial charge >= 0.3 is 5.97 Å². The molecule has 0 bridgehead atoms. The molecule has 4 nitrogen and oxygen atoms in total. The van der Waals surface area contributed by atoms with Crippen molar-refractivity contribution in [3.05, 3.63) is 48.2 Å². The van der Waals surface area contributed by atoms with Gasteiger partial charge in [0, 0.05) is 36.2 Å². The third kappa shape index (κ3) is 1.53. The monoisotopic (exact) mass is 296 g/mol. The largest absolute Gasteiger partial charge is 0.469 e. The number of aromatic nitrogens is 1. The maximum absolute atomic E-state index is 12.2. The number of carbonyl (C=O) groups is 1. The van der Waals surface area contributed by atoms with E-state index in [1.165, 1.54) is 29.3 Å². The second kappa shape index (κ2) is 4.71. The zero-order valence-corrected chi connectivity index (χ0v) is 13.0. The van der Waals surface area contributed by atoms with Gasteiger partial charge in [0.15, 0.2) is 0 Å². The summed E-state index contributed by atoms with van der Waals surface area (Å²) in [5.74, 6) is -0.284. The summed E-state index contributed by atoms with van der Waals surface area (Å²) in [4.78, 5) is 14.6. The molecule has 0 amide bonds. The van der Waals surface area contributed by atoms with Gasteiger partial charge in [-0.05, 0) is 18.1 Å². The van der Waals surface area contributed by atoms with Gasteiger partial charge in [-0.25, -0.2) is 0 Å². The van der Waals surface area contributed by atoms with Gasteiger partial charge in [0.2, 0.25) is 0 Å². The summed E-state index contributed by atoms with van der Waals surface area (Å²) in [7, 11) is 3.57. The van der Waals surface area contributed by atoms with E-state index in [-0.39, 0.29) is 24.0 Å². The highest BCUT2D eigenvalue weighted by atomic mass is 16.5. The number of carbonyl (C=O) groups excluding carboxylic acids is 1. The van der Waals surface area contributed by atoms with Crippen molar-refractivity contribution in [1.82, 2.24) is 9.47 Å². The van der Waals surface area contributed by atoms with Crippen molar-refractivity contribution in [3.8, 4) is 0 Å². The Morgan fingerprint density at radius 2 is 2.18 bits per heavy atom. The van der Waals surface area contributed by atoms with Crippen LogP contribution in [0.3, 0.4) is 0 Å². The predicted octanol–water partition coefficient (Wildman–Crippen LogP) is 2.43. The van der Waals surface area contributed by atoms with Crippen LogP contribution in [0.4, 0.5) is 0 Å². The molecule has 3 atom stereocenters. The zero-order valence-electron chi connectivity index (χ0n) is 13.0. The minimum absolute atomic E-state index is 0.0867. The maximum Gasteiger partial charge on any atom is 0.312 e. The maximum atomic E-state index is 12.2. The molecule has 0 radical (unpaired) electrons. The number of ether oxygens (including phenoxy) is 1. The molecule has 0 spiro atoms. The first-order valence-electron chi connectivity index (χ1n) is 7.71. The molecule has 2 aliphatic heterocycles. The predicted molar refractivity (Wildman–Crippen MR) is 85.6 cm³/mol. The molecule has 2 aliphatic rings. The van der Waals surface area contributed by atoms with Crippen molar-refractivity contribution in [2.24, 2.45) is 13.0 Å². The van der Waals surface area contributed by atoms with Crippen LogP contribution in [0.5, 0.6) is 0 Å². The van der Waals surface area contributed by atoms with E-state index in [1.807, 2.05) is 6.08 Å². The summed E-state index contributed by atoms with van der Waals surface area (Å²) in [6.07, 6.45) is 2.90. The number of esters is 1. The van der Waals surface area contributed by atoms with E-state index in [2.05, 4.69) is 47.4 Å². The van der Waals surface area contributed by atoms with Gasteiger partial charge in [-0.15, -0.1) is 6.58 Å². The molecule has 3 heterocycles. The van der Waals surface area contributed by atoms with Crippen molar-refractivity contribution in [3.63, 3.8) is 0 Å². The number of methoxy groups -OCH3 is 1. The molecule has 1 aromatic heterocycles. The molecule has 22 heavy (non-hydrogen) atoms. The lowest BCUT2D eigenvalue weighted by Crippen LogP contribution is -2.62. The van der Waals surface area contributed by atoms with Crippen LogP contribution >= 0.6 is 0 Å². The number of benzene rings is 1. The van der Waals surface area contributed by atoms with Crippen LogP contribution < -0.4 is 0 Å². The lowest BCUT2D eigenvalue weighted by Gasteiger charge is -2.55. The van der Waals surface area contributed by atoms with Gasteiger partial charge < -0.3 is 9.30 Å². The lowest BCUT2D eigenvalue weighted by atomic mass is 9.74. The van der Waals surface area contributed by atoms with Crippen molar-refractivity contribution in [2.45, 2.75) is 18.5 Å².